The molecule has 1 aliphatic heterocycles. The molecular weight excluding hydrogens is 656 g/mol. The molecule has 0 saturated heterocycles. The van der Waals surface area contributed by atoms with Gasteiger partial charge in [-0.05, 0) is 98.8 Å². The van der Waals surface area contributed by atoms with Crippen molar-refractivity contribution < 1.29 is 19.0 Å². The number of aliphatic imine (C=N–C) groups is 1. The van der Waals surface area contributed by atoms with Crippen LogP contribution in [0.5, 0.6) is 11.5 Å². The van der Waals surface area contributed by atoms with Gasteiger partial charge in [-0.2, -0.15) is 0 Å². The van der Waals surface area contributed by atoms with E-state index >= 15 is 0 Å². The molecule has 0 aliphatic carbocycles. The van der Waals surface area contributed by atoms with Crippen LogP contribution in [-0.2, 0) is 16.1 Å². The zero-order chi connectivity index (χ0) is 22.7. The Balaban J connectivity index is 1.59. The molecule has 0 aromatic heterocycles. The SMILES string of the molecule is COc1cc(/C=C2\N=C(c3ccccc3Cl)OC2=O)cc(I)c1OCc1ccc(I)cc1. The highest BCUT2D eigenvalue weighted by Gasteiger charge is 2.25. The lowest BCUT2D eigenvalue weighted by atomic mass is 10.1. The van der Waals surface area contributed by atoms with Crippen molar-refractivity contribution in [3.8, 4) is 11.5 Å². The third kappa shape index (κ3) is 5.26. The first-order valence-corrected chi connectivity index (χ1v) is 12.0. The fourth-order valence-corrected chi connectivity index (χ4v) is 4.37. The maximum Gasteiger partial charge on any atom is 0.363 e. The van der Waals surface area contributed by atoms with Gasteiger partial charge in [0.15, 0.2) is 17.2 Å². The smallest absolute Gasteiger partial charge is 0.363 e. The van der Waals surface area contributed by atoms with Crippen molar-refractivity contribution in [3.05, 3.63) is 95.2 Å². The lowest BCUT2D eigenvalue weighted by molar-refractivity contribution is -0.129. The molecule has 0 radical (unpaired) electrons. The Bertz CT molecular complexity index is 1240. The van der Waals surface area contributed by atoms with Gasteiger partial charge < -0.3 is 14.2 Å². The maximum absolute atomic E-state index is 12.4. The normalized spacial score (nSPS) is 14.3. The number of carbonyl (C=O) groups excluding carboxylic acids is 1. The highest BCUT2D eigenvalue weighted by molar-refractivity contribution is 14.1. The van der Waals surface area contributed by atoms with Crippen LogP contribution in [0, 0.1) is 7.14 Å². The number of cyclic esters (lactones) is 1. The topological polar surface area (TPSA) is 57.1 Å². The lowest BCUT2D eigenvalue weighted by Gasteiger charge is -2.14. The quantitative estimate of drug-likeness (QED) is 0.171. The van der Waals surface area contributed by atoms with Crippen LogP contribution in [0.1, 0.15) is 16.7 Å². The zero-order valence-corrected chi connectivity index (χ0v) is 21.8. The van der Waals surface area contributed by atoms with Crippen LogP contribution in [0.25, 0.3) is 6.08 Å². The van der Waals surface area contributed by atoms with Crippen LogP contribution in [0.15, 0.2) is 71.4 Å². The third-order valence-electron chi connectivity index (χ3n) is 4.58. The molecule has 3 aromatic rings. The van der Waals surface area contributed by atoms with E-state index in [1.54, 1.807) is 37.5 Å². The lowest BCUT2D eigenvalue weighted by Crippen LogP contribution is -2.05. The second kappa shape index (κ2) is 10.2. The summed E-state index contributed by atoms with van der Waals surface area (Å²) in [4.78, 5) is 16.7. The van der Waals surface area contributed by atoms with E-state index in [9.17, 15) is 4.79 Å². The number of hydrogen-bond acceptors (Lipinski definition) is 5. The van der Waals surface area contributed by atoms with Crippen molar-refractivity contribution in [2.45, 2.75) is 6.61 Å². The van der Waals surface area contributed by atoms with Crippen molar-refractivity contribution in [1.29, 1.82) is 0 Å². The molecule has 0 spiro atoms. The summed E-state index contributed by atoms with van der Waals surface area (Å²) in [6.07, 6.45) is 1.65. The second-order valence-electron chi connectivity index (χ2n) is 6.77. The van der Waals surface area contributed by atoms with E-state index in [2.05, 4.69) is 50.2 Å². The largest absolute Gasteiger partial charge is 0.493 e. The standard InChI is InChI=1S/C24H16ClI2NO4/c1-30-21-12-15(10-19(27)22(21)31-13-14-6-8-16(26)9-7-14)11-20-24(29)32-23(28-20)17-4-2-3-5-18(17)25/h2-12H,13H2,1H3/b20-11-. The van der Waals surface area contributed by atoms with Gasteiger partial charge in [-0.1, -0.05) is 35.9 Å². The molecule has 0 amide bonds. The fraction of sp³-hybridized carbons (Fsp3) is 0.0833. The molecule has 8 heteroatoms. The predicted molar refractivity (Wildman–Crippen MR) is 141 cm³/mol. The Labute approximate surface area is 217 Å². The van der Waals surface area contributed by atoms with E-state index in [4.69, 9.17) is 25.8 Å². The summed E-state index contributed by atoms with van der Waals surface area (Å²) in [5.41, 5.74) is 2.55. The number of halogens is 3. The molecule has 4 rings (SSSR count). The summed E-state index contributed by atoms with van der Waals surface area (Å²) in [5.74, 6) is 0.859. The number of nitrogens with zero attached hydrogens (tertiary/aromatic N) is 1. The van der Waals surface area contributed by atoms with Gasteiger partial charge >= 0.3 is 5.97 Å². The van der Waals surface area contributed by atoms with E-state index in [1.807, 2.05) is 36.4 Å². The molecule has 0 atom stereocenters. The van der Waals surface area contributed by atoms with Gasteiger partial charge in [0.2, 0.25) is 5.90 Å². The first-order valence-electron chi connectivity index (χ1n) is 9.47. The molecule has 0 N–H and O–H groups in total. The van der Waals surface area contributed by atoms with Crippen molar-refractivity contribution in [2.24, 2.45) is 4.99 Å². The van der Waals surface area contributed by atoms with E-state index < -0.39 is 5.97 Å². The second-order valence-corrected chi connectivity index (χ2v) is 9.58. The molecule has 0 fully saturated rings. The molecule has 32 heavy (non-hydrogen) atoms. The fourth-order valence-electron chi connectivity index (χ4n) is 3.02. The summed E-state index contributed by atoms with van der Waals surface area (Å²) in [5, 5.41) is 0.464. The van der Waals surface area contributed by atoms with Crippen LogP contribution in [0.3, 0.4) is 0 Å². The highest BCUT2D eigenvalue weighted by Crippen LogP contribution is 2.35. The summed E-state index contributed by atoms with van der Waals surface area (Å²) in [7, 11) is 1.58. The monoisotopic (exact) mass is 671 g/mol. The molecule has 3 aromatic carbocycles. The number of rotatable bonds is 6. The Morgan fingerprint density at radius 2 is 1.84 bits per heavy atom. The minimum atomic E-state index is -0.534. The maximum atomic E-state index is 12.4. The first-order chi connectivity index (χ1) is 15.4. The molecular formula is C24H16ClI2NO4. The Morgan fingerprint density at radius 1 is 1.09 bits per heavy atom. The molecule has 0 bridgehead atoms. The van der Waals surface area contributed by atoms with Crippen molar-refractivity contribution in [3.63, 3.8) is 0 Å². The average molecular weight is 672 g/mol. The van der Waals surface area contributed by atoms with Crippen molar-refractivity contribution >= 4 is 74.7 Å². The van der Waals surface area contributed by atoms with Gasteiger partial charge in [-0.15, -0.1) is 0 Å². The van der Waals surface area contributed by atoms with E-state index in [1.165, 1.54) is 3.57 Å². The third-order valence-corrected chi connectivity index (χ3v) is 6.43. The highest BCUT2D eigenvalue weighted by atomic mass is 127. The molecule has 0 saturated carbocycles. The minimum Gasteiger partial charge on any atom is -0.493 e. The van der Waals surface area contributed by atoms with Crippen molar-refractivity contribution in [1.82, 2.24) is 0 Å². The Kier molecular flexibility index (Phi) is 7.37. The molecule has 1 aliphatic rings. The van der Waals surface area contributed by atoms with E-state index in [-0.39, 0.29) is 11.6 Å². The molecule has 1 heterocycles. The van der Waals surface area contributed by atoms with Gasteiger partial charge in [-0.25, -0.2) is 9.79 Å². The van der Waals surface area contributed by atoms with E-state index in [0.717, 1.165) is 14.7 Å². The van der Waals surface area contributed by atoms with Crippen LogP contribution in [-0.4, -0.2) is 19.0 Å². The zero-order valence-electron chi connectivity index (χ0n) is 16.8. The first kappa shape index (κ1) is 23.1. The number of carbonyl (C=O) groups is 1. The Morgan fingerprint density at radius 3 is 2.56 bits per heavy atom. The van der Waals surface area contributed by atoms with Gasteiger partial charge in [0.1, 0.15) is 6.61 Å². The number of ether oxygens (including phenoxy) is 3. The van der Waals surface area contributed by atoms with Crippen LogP contribution < -0.4 is 9.47 Å². The van der Waals surface area contributed by atoms with Crippen LogP contribution in [0.2, 0.25) is 5.02 Å². The van der Waals surface area contributed by atoms with Crippen LogP contribution >= 0.6 is 56.8 Å². The average Bonchev–Trinajstić information content (AvgIpc) is 3.14. The van der Waals surface area contributed by atoms with Crippen LogP contribution in [0.4, 0.5) is 0 Å². The van der Waals surface area contributed by atoms with E-state index in [0.29, 0.717) is 28.7 Å². The predicted octanol–water partition coefficient (Wildman–Crippen LogP) is 6.48. The summed E-state index contributed by atoms with van der Waals surface area (Å²) in [6.45, 7) is 0.418. The van der Waals surface area contributed by atoms with Gasteiger partial charge in [0.25, 0.3) is 0 Å². The number of esters is 1. The summed E-state index contributed by atoms with van der Waals surface area (Å²) >= 11 is 10.7. The summed E-state index contributed by atoms with van der Waals surface area (Å²) < 4.78 is 18.9. The van der Waals surface area contributed by atoms with Crippen molar-refractivity contribution in [2.75, 3.05) is 7.11 Å². The number of hydrogen-bond donors (Lipinski definition) is 0. The number of methoxy groups -OCH3 is 1. The van der Waals surface area contributed by atoms with Gasteiger partial charge in [-0.3, -0.25) is 0 Å². The van der Waals surface area contributed by atoms with Gasteiger partial charge in [0, 0.05) is 3.57 Å². The molecule has 5 nitrogen and oxygen atoms in total. The minimum absolute atomic E-state index is 0.185. The Hall–Kier alpha value is -2.11. The molecule has 0 unspecified atom stereocenters. The summed E-state index contributed by atoms with van der Waals surface area (Å²) in [6, 6.07) is 18.9. The number of benzene rings is 3. The van der Waals surface area contributed by atoms with Gasteiger partial charge in [0.05, 0.1) is 21.3 Å². The molecule has 162 valence electrons.